The van der Waals surface area contributed by atoms with E-state index in [0.717, 1.165) is 0 Å². The van der Waals surface area contributed by atoms with Crippen molar-refractivity contribution in [2.24, 2.45) is 5.92 Å². The summed E-state index contributed by atoms with van der Waals surface area (Å²) in [6.45, 7) is 2.33. The molecule has 1 heterocycles. The van der Waals surface area contributed by atoms with Gasteiger partial charge < -0.3 is 9.84 Å². The van der Waals surface area contributed by atoms with E-state index in [-0.39, 0.29) is 24.4 Å². The number of hydrogen-bond donors (Lipinski definition) is 1. The summed E-state index contributed by atoms with van der Waals surface area (Å²) in [5, 5.41) is 20.3. The highest BCUT2D eigenvalue weighted by Crippen LogP contribution is 2.32. The summed E-state index contributed by atoms with van der Waals surface area (Å²) < 4.78 is 5.26. The number of nitrogens with zero attached hydrogens (tertiary/aromatic N) is 2. The first kappa shape index (κ1) is 15.4. The molecule has 21 heavy (non-hydrogen) atoms. The molecule has 1 aromatic rings. The van der Waals surface area contributed by atoms with Crippen LogP contribution >= 0.6 is 0 Å². The molecule has 1 aromatic carbocycles. The van der Waals surface area contributed by atoms with Gasteiger partial charge in [0, 0.05) is 23.7 Å². The summed E-state index contributed by atoms with van der Waals surface area (Å²) in [6, 6.07) is 5.95. The van der Waals surface area contributed by atoms with E-state index in [1.165, 1.54) is 6.07 Å². The second-order valence-electron chi connectivity index (χ2n) is 5.21. The Morgan fingerprint density at radius 1 is 1.48 bits per heavy atom. The van der Waals surface area contributed by atoms with E-state index in [2.05, 4.69) is 0 Å². The van der Waals surface area contributed by atoms with Crippen LogP contribution < -0.4 is 0 Å². The Morgan fingerprint density at radius 2 is 2.14 bits per heavy atom. The molecule has 3 atom stereocenters. The van der Waals surface area contributed by atoms with Crippen LogP contribution in [0.3, 0.4) is 0 Å². The van der Waals surface area contributed by atoms with Gasteiger partial charge in [0.05, 0.1) is 24.1 Å². The van der Waals surface area contributed by atoms with Crippen LogP contribution in [-0.4, -0.2) is 47.2 Å². The number of nitro groups is 1. The van der Waals surface area contributed by atoms with Gasteiger partial charge in [0.15, 0.2) is 0 Å². The van der Waals surface area contributed by atoms with Gasteiger partial charge in [0.1, 0.15) is 0 Å². The average molecular weight is 294 g/mol. The van der Waals surface area contributed by atoms with Gasteiger partial charge in [-0.2, -0.15) is 0 Å². The third kappa shape index (κ3) is 3.03. The number of carboxylic acid groups (broad SMARTS) is 1. The minimum atomic E-state index is -0.904. The second-order valence-corrected chi connectivity index (χ2v) is 5.21. The third-order valence-electron chi connectivity index (χ3n) is 4.09. The standard InChI is InChI=1S/C14H18N2O5/c1-9(10-5-3-4-6-12(10)16(19)20)15(2)13-8-21-7-11(13)14(17)18/h3-6,9,11,13H,7-8H2,1-2H3,(H,17,18). The van der Waals surface area contributed by atoms with Crippen molar-refractivity contribution in [2.75, 3.05) is 20.3 Å². The molecule has 1 aliphatic rings. The fourth-order valence-corrected chi connectivity index (χ4v) is 2.69. The molecule has 1 saturated heterocycles. The van der Waals surface area contributed by atoms with Crippen molar-refractivity contribution in [2.45, 2.75) is 19.0 Å². The van der Waals surface area contributed by atoms with Gasteiger partial charge >= 0.3 is 5.97 Å². The Kier molecular flexibility index (Phi) is 4.54. The van der Waals surface area contributed by atoms with E-state index >= 15 is 0 Å². The summed E-state index contributed by atoms with van der Waals surface area (Å²) in [5.41, 5.74) is 0.615. The highest BCUT2D eigenvalue weighted by molar-refractivity contribution is 5.71. The normalized spacial score (nSPS) is 23.2. The third-order valence-corrected chi connectivity index (χ3v) is 4.09. The first-order chi connectivity index (χ1) is 9.93. The molecule has 0 radical (unpaired) electrons. The van der Waals surface area contributed by atoms with Crippen LogP contribution in [0.25, 0.3) is 0 Å². The lowest BCUT2D eigenvalue weighted by Gasteiger charge is -2.31. The fourth-order valence-electron chi connectivity index (χ4n) is 2.69. The molecule has 1 fully saturated rings. The van der Waals surface area contributed by atoms with Crippen LogP contribution in [0.2, 0.25) is 0 Å². The average Bonchev–Trinajstić information content (AvgIpc) is 2.95. The number of aliphatic carboxylic acids is 1. The zero-order valence-electron chi connectivity index (χ0n) is 11.9. The molecule has 0 saturated carbocycles. The van der Waals surface area contributed by atoms with Crippen LogP contribution in [0.5, 0.6) is 0 Å². The van der Waals surface area contributed by atoms with Gasteiger partial charge in [0.2, 0.25) is 0 Å². The van der Waals surface area contributed by atoms with Gasteiger partial charge in [-0.1, -0.05) is 18.2 Å². The predicted molar refractivity (Wildman–Crippen MR) is 75.0 cm³/mol. The van der Waals surface area contributed by atoms with Gasteiger partial charge in [0.25, 0.3) is 5.69 Å². The first-order valence-corrected chi connectivity index (χ1v) is 6.69. The molecule has 0 bridgehead atoms. The van der Waals surface area contributed by atoms with Gasteiger partial charge in [-0.05, 0) is 14.0 Å². The Balaban J connectivity index is 2.25. The Hall–Kier alpha value is -1.99. The lowest BCUT2D eigenvalue weighted by molar-refractivity contribution is -0.386. The predicted octanol–water partition coefficient (Wildman–Crippen LogP) is 1.69. The van der Waals surface area contributed by atoms with Crippen molar-refractivity contribution in [3.63, 3.8) is 0 Å². The quantitative estimate of drug-likeness (QED) is 0.656. The number of ether oxygens (including phenoxy) is 1. The number of para-hydroxylation sites is 1. The minimum absolute atomic E-state index is 0.0441. The van der Waals surface area contributed by atoms with E-state index in [4.69, 9.17) is 4.74 Å². The number of benzene rings is 1. The molecule has 7 heteroatoms. The Bertz CT molecular complexity index is 548. The molecule has 2 rings (SSSR count). The van der Waals surface area contributed by atoms with E-state index in [9.17, 15) is 20.0 Å². The molecule has 0 spiro atoms. The number of carbonyl (C=O) groups is 1. The Labute approximate surface area is 122 Å². The molecule has 0 aromatic heterocycles. The fraction of sp³-hybridized carbons (Fsp3) is 0.500. The van der Waals surface area contributed by atoms with Crippen LogP contribution in [0.15, 0.2) is 24.3 Å². The summed E-state index contributed by atoms with van der Waals surface area (Å²) >= 11 is 0. The van der Waals surface area contributed by atoms with Gasteiger partial charge in [-0.15, -0.1) is 0 Å². The summed E-state index contributed by atoms with van der Waals surface area (Å²) in [7, 11) is 1.77. The zero-order valence-corrected chi connectivity index (χ0v) is 11.9. The molecule has 0 aliphatic carbocycles. The molecule has 0 amide bonds. The molecule has 3 unspecified atom stereocenters. The first-order valence-electron chi connectivity index (χ1n) is 6.69. The summed E-state index contributed by atoms with van der Waals surface area (Å²) in [4.78, 5) is 23.8. The van der Waals surface area contributed by atoms with Crippen molar-refractivity contribution >= 4 is 11.7 Å². The van der Waals surface area contributed by atoms with Crippen molar-refractivity contribution in [1.29, 1.82) is 0 Å². The maximum atomic E-state index is 11.2. The molecule has 114 valence electrons. The summed E-state index contributed by atoms with van der Waals surface area (Å²) in [6.07, 6.45) is 0. The van der Waals surface area contributed by atoms with Crippen molar-refractivity contribution in [3.05, 3.63) is 39.9 Å². The topological polar surface area (TPSA) is 92.9 Å². The lowest BCUT2D eigenvalue weighted by atomic mass is 9.98. The van der Waals surface area contributed by atoms with Crippen LogP contribution in [0.4, 0.5) is 5.69 Å². The monoisotopic (exact) mass is 294 g/mol. The highest BCUT2D eigenvalue weighted by Gasteiger charge is 2.39. The number of carboxylic acids is 1. The van der Waals surface area contributed by atoms with Gasteiger partial charge in [-0.3, -0.25) is 19.8 Å². The summed E-state index contributed by atoms with van der Waals surface area (Å²) in [5.74, 6) is -1.51. The molecular weight excluding hydrogens is 276 g/mol. The number of likely N-dealkylation sites (N-methyl/N-ethyl adjacent to an activating group) is 1. The smallest absolute Gasteiger partial charge is 0.310 e. The highest BCUT2D eigenvalue weighted by atomic mass is 16.6. The lowest BCUT2D eigenvalue weighted by Crippen LogP contribution is -2.42. The molecule has 1 aliphatic heterocycles. The second kappa shape index (κ2) is 6.19. The SMILES string of the molecule is CC(c1ccccc1[N+](=O)[O-])N(C)C1COCC1C(=O)O. The van der Waals surface area contributed by atoms with Crippen molar-refractivity contribution < 1.29 is 19.6 Å². The van der Waals surface area contributed by atoms with Crippen LogP contribution in [0, 0.1) is 16.0 Å². The van der Waals surface area contributed by atoms with Crippen molar-refractivity contribution in [3.8, 4) is 0 Å². The van der Waals surface area contributed by atoms with E-state index in [1.54, 1.807) is 25.2 Å². The number of hydrogen-bond acceptors (Lipinski definition) is 5. The van der Waals surface area contributed by atoms with E-state index in [0.29, 0.717) is 12.2 Å². The zero-order chi connectivity index (χ0) is 15.6. The van der Waals surface area contributed by atoms with Crippen LogP contribution in [0.1, 0.15) is 18.5 Å². The molecule has 1 N–H and O–H groups in total. The molecular formula is C14H18N2O5. The van der Waals surface area contributed by atoms with Crippen molar-refractivity contribution in [1.82, 2.24) is 4.90 Å². The number of rotatable bonds is 5. The largest absolute Gasteiger partial charge is 0.481 e. The van der Waals surface area contributed by atoms with Crippen LogP contribution in [-0.2, 0) is 9.53 Å². The maximum Gasteiger partial charge on any atom is 0.310 e. The maximum absolute atomic E-state index is 11.2. The number of nitro benzene ring substituents is 1. The Morgan fingerprint density at radius 3 is 2.76 bits per heavy atom. The van der Waals surface area contributed by atoms with E-state index < -0.39 is 16.8 Å². The minimum Gasteiger partial charge on any atom is -0.481 e. The van der Waals surface area contributed by atoms with Gasteiger partial charge in [-0.25, -0.2) is 0 Å². The molecule has 7 nitrogen and oxygen atoms in total. The van der Waals surface area contributed by atoms with E-state index in [1.807, 2.05) is 11.8 Å².